The van der Waals surface area contributed by atoms with Crippen LogP contribution in [0.3, 0.4) is 0 Å². The fourth-order valence-corrected chi connectivity index (χ4v) is 2.90. The standard InChI is InChI=1S/C17H18F3N3O2/c1-11-15(9-21-22-11)16(24)23-5-6-25-14(10-23)8-12-3-2-4-13(7-12)17(18,19)20/h2-4,7,9,14H,5-6,8,10H2,1H3,(H,21,22). The molecule has 0 radical (unpaired) electrons. The smallest absolute Gasteiger partial charge is 0.374 e. The van der Waals surface area contributed by atoms with Gasteiger partial charge in [-0.15, -0.1) is 0 Å². The number of aromatic nitrogens is 2. The minimum Gasteiger partial charge on any atom is -0.374 e. The third kappa shape index (κ3) is 4.01. The molecule has 1 aliphatic rings. The lowest BCUT2D eigenvalue weighted by Gasteiger charge is -2.33. The van der Waals surface area contributed by atoms with Crippen molar-refractivity contribution in [2.45, 2.75) is 25.6 Å². The minimum absolute atomic E-state index is 0.149. The number of halogens is 3. The van der Waals surface area contributed by atoms with Crippen molar-refractivity contribution in [1.29, 1.82) is 0 Å². The van der Waals surface area contributed by atoms with E-state index in [1.165, 1.54) is 12.3 Å². The van der Waals surface area contributed by atoms with Crippen LogP contribution in [0.15, 0.2) is 30.5 Å². The van der Waals surface area contributed by atoms with Gasteiger partial charge in [-0.3, -0.25) is 9.89 Å². The maximum atomic E-state index is 12.8. The Balaban J connectivity index is 1.68. The lowest BCUT2D eigenvalue weighted by Crippen LogP contribution is -2.46. The van der Waals surface area contributed by atoms with Gasteiger partial charge in [-0.05, 0) is 18.6 Å². The van der Waals surface area contributed by atoms with E-state index < -0.39 is 11.7 Å². The average molecular weight is 353 g/mol. The van der Waals surface area contributed by atoms with Gasteiger partial charge in [0, 0.05) is 25.2 Å². The monoisotopic (exact) mass is 353 g/mol. The number of alkyl halides is 3. The summed E-state index contributed by atoms with van der Waals surface area (Å²) in [6.07, 6.45) is -2.91. The van der Waals surface area contributed by atoms with Crippen LogP contribution < -0.4 is 0 Å². The van der Waals surface area contributed by atoms with Crippen molar-refractivity contribution in [2.24, 2.45) is 0 Å². The van der Waals surface area contributed by atoms with E-state index >= 15 is 0 Å². The van der Waals surface area contributed by atoms with Gasteiger partial charge in [-0.1, -0.05) is 18.2 Å². The van der Waals surface area contributed by atoms with Crippen LogP contribution in [0.5, 0.6) is 0 Å². The molecule has 0 aliphatic carbocycles. The molecular weight excluding hydrogens is 335 g/mol. The fraction of sp³-hybridized carbons (Fsp3) is 0.412. The van der Waals surface area contributed by atoms with E-state index in [0.29, 0.717) is 42.9 Å². The van der Waals surface area contributed by atoms with Crippen molar-refractivity contribution in [1.82, 2.24) is 15.1 Å². The van der Waals surface area contributed by atoms with E-state index in [4.69, 9.17) is 4.74 Å². The van der Waals surface area contributed by atoms with Gasteiger partial charge in [-0.25, -0.2) is 0 Å². The molecule has 1 amide bonds. The van der Waals surface area contributed by atoms with E-state index in [1.807, 2.05) is 0 Å². The Hall–Kier alpha value is -2.35. The zero-order chi connectivity index (χ0) is 18.0. The molecule has 1 saturated heterocycles. The van der Waals surface area contributed by atoms with Crippen molar-refractivity contribution < 1.29 is 22.7 Å². The number of nitrogens with one attached hydrogen (secondary N) is 1. The first-order valence-electron chi connectivity index (χ1n) is 7.91. The highest BCUT2D eigenvalue weighted by Gasteiger charge is 2.31. The van der Waals surface area contributed by atoms with Crippen LogP contribution in [0, 0.1) is 6.92 Å². The first kappa shape index (κ1) is 17.5. The van der Waals surface area contributed by atoms with Gasteiger partial charge in [0.1, 0.15) is 0 Å². The Morgan fingerprint density at radius 3 is 2.92 bits per heavy atom. The number of hydrogen-bond donors (Lipinski definition) is 1. The third-order valence-electron chi connectivity index (χ3n) is 4.20. The van der Waals surface area contributed by atoms with E-state index in [-0.39, 0.29) is 12.0 Å². The lowest BCUT2D eigenvalue weighted by atomic mass is 10.0. The topological polar surface area (TPSA) is 58.2 Å². The molecule has 1 fully saturated rings. The molecule has 1 aliphatic heterocycles. The number of H-pyrrole nitrogens is 1. The zero-order valence-electron chi connectivity index (χ0n) is 13.6. The first-order valence-corrected chi connectivity index (χ1v) is 7.91. The van der Waals surface area contributed by atoms with Crippen LogP contribution >= 0.6 is 0 Å². The Morgan fingerprint density at radius 1 is 1.44 bits per heavy atom. The summed E-state index contributed by atoms with van der Waals surface area (Å²) in [6.45, 7) is 2.90. The summed E-state index contributed by atoms with van der Waals surface area (Å²) in [7, 11) is 0. The number of carbonyl (C=O) groups is 1. The third-order valence-corrected chi connectivity index (χ3v) is 4.20. The van der Waals surface area contributed by atoms with Crippen LogP contribution in [0.1, 0.15) is 27.2 Å². The molecule has 1 N–H and O–H groups in total. The van der Waals surface area contributed by atoms with Gasteiger partial charge in [0.2, 0.25) is 0 Å². The number of ether oxygens (including phenoxy) is 1. The van der Waals surface area contributed by atoms with Gasteiger partial charge in [0.15, 0.2) is 0 Å². The molecule has 1 atom stereocenters. The van der Waals surface area contributed by atoms with Gasteiger partial charge >= 0.3 is 6.18 Å². The highest BCUT2D eigenvalue weighted by Crippen LogP contribution is 2.30. The molecule has 1 aromatic heterocycles. The van der Waals surface area contributed by atoms with Crippen LogP contribution in [0.2, 0.25) is 0 Å². The molecule has 8 heteroatoms. The molecule has 0 bridgehead atoms. The molecule has 134 valence electrons. The van der Waals surface area contributed by atoms with Crippen molar-refractivity contribution in [2.75, 3.05) is 19.7 Å². The maximum Gasteiger partial charge on any atom is 0.416 e. The quantitative estimate of drug-likeness (QED) is 0.923. The number of rotatable bonds is 3. The van der Waals surface area contributed by atoms with Crippen molar-refractivity contribution in [3.8, 4) is 0 Å². The molecule has 2 heterocycles. The molecule has 0 saturated carbocycles. The molecule has 2 aromatic rings. The van der Waals surface area contributed by atoms with Gasteiger partial charge in [-0.2, -0.15) is 18.3 Å². The molecule has 1 aromatic carbocycles. The first-order chi connectivity index (χ1) is 11.8. The minimum atomic E-state index is -4.37. The average Bonchev–Trinajstić information content (AvgIpc) is 3.00. The van der Waals surface area contributed by atoms with Crippen molar-refractivity contribution >= 4 is 5.91 Å². The Morgan fingerprint density at radius 2 is 2.24 bits per heavy atom. The Labute approximate surface area is 142 Å². The summed E-state index contributed by atoms with van der Waals surface area (Å²) in [6, 6.07) is 5.20. The van der Waals surface area contributed by atoms with E-state index in [0.717, 1.165) is 12.1 Å². The second kappa shape index (κ2) is 6.87. The summed E-state index contributed by atoms with van der Waals surface area (Å²) in [5.74, 6) is -0.149. The maximum absolute atomic E-state index is 12.8. The second-order valence-electron chi connectivity index (χ2n) is 6.05. The molecule has 1 unspecified atom stereocenters. The fourth-order valence-electron chi connectivity index (χ4n) is 2.90. The van der Waals surface area contributed by atoms with Gasteiger partial charge in [0.05, 0.1) is 30.0 Å². The van der Waals surface area contributed by atoms with E-state index in [9.17, 15) is 18.0 Å². The molecule has 0 spiro atoms. The largest absolute Gasteiger partial charge is 0.416 e. The van der Waals surface area contributed by atoms with Crippen molar-refractivity contribution in [3.63, 3.8) is 0 Å². The SMILES string of the molecule is Cc1[nH]ncc1C(=O)N1CCOC(Cc2cccc(C(F)(F)F)c2)C1. The van der Waals surface area contributed by atoms with E-state index in [2.05, 4.69) is 10.2 Å². The molecule has 25 heavy (non-hydrogen) atoms. The summed E-state index contributed by atoms with van der Waals surface area (Å²) in [4.78, 5) is 14.2. The normalized spacial score (nSPS) is 18.4. The number of carbonyl (C=O) groups excluding carboxylic acids is 1. The zero-order valence-corrected chi connectivity index (χ0v) is 13.6. The number of benzene rings is 1. The number of aromatic amines is 1. The van der Waals surface area contributed by atoms with Crippen molar-refractivity contribution in [3.05, 3.63) is 52.8 Å². The number of morpholine rings is 1. The highest BCUT2D eigenvalue weighted by molar-refractivity contribution is 5.95. The van der Waals surface area contributed by atoms with Gasteiger partial charge in [0.25, 0.3) is 5.91 Å². The summed E-state index contributed by atoms with van der Waals surface area (Å²) in [5.41, 5.74) is 1.04. The Kier molecular flexibility index (Phi) is 4.80. The number of nitrogens with zero attached hydrogens (tertiary/aromatic N) is 2. The second-order valence-corrected chi connectivity index (χ2v) is 6.05. The predicted molar refractivity (Wildman–Crippen MR) is 84.1 cm³/mol. The van der Waals surface area contributed by atoms with E-state index in [1.54, 1.807) is 17.9 Å². The summed E-state index contributed by atoms with van der Waals surface area (Å²) >= 11 is 0. The predicted octanol–water partition coefficient (Wildman–Crippen LogP) is 2.82. The lowest BCUT2D eigenvalue weighted by molar-refractivity contribution is -0.137. The highest BCUT2D eigenvalue weighted by atomic mass is 19.4. The summed E-state index contributed by atoms with van der Waals surface area (Å²) < 4.78 is 44.1. The molecular formula is C17H18F3N3O2. The van der Waals surface area contributed by atoms with Crippen LogP contribution in [0.4, 0.5) is 13.2 Å². The van der Waals surface area contributed by atoms with Gasteiger partial charge < -0.3 is 9.64 Å². The number of aryl methyl sites for hydroxylation is 1. The van der Waals surface area contributed by atoms with Crippen LogP contribution in [0.25, 0.3) is 0 Å². The summed E-state index contributed by atoms with van der Waals surface area (Å²) in [5, 5.41) is 6.57. The number of hydrogen-bond acceptors (Lipinski definition) is 3. The molecule has 5 nitrogen and oxygen atoms in total. The Bertz CT molecular complexity index is 758. The van der Waals surface area contributed by atoms with Crippen LogP contribution in [-0.2, 0) is 17.3 Å². The van der Waals surface area contributed by atoms with Crippen LogP contribution in [-0.4, -0.2) is 46.8 Å². The molecule has 3 rings (SSSR count). The number of amides is 1.